The van der Waals surface area contributed by atoms with E-state index in [2.05, 4.69) is 10.0 Å². The van der Waals surface area contributed by atoms with Crippen molar-refractivity contribution in [1.29, 1.82) is 0 Å². The van der Waals surface area contributed by atoms with Gasteiger partial charge in [0.05, 0.1) is 17.5 Å². The Balaban J connectivity index is 1.84. The van der Waals surface area contributed by atoms with E-state index in [0.717, 1.165) is 17.7 Å². The third-order valence-electron chi connectivity index (χ3n) is 4.48. The summed E-state index contributed by atoms with van der Waals surface area (Å²) in [4.78, 5) is 0.00139. The molecule has 3 aromatic rings. The summed E-state index contributed by atoms with van der Waals surface area (Å²) in [6, 6.07) is 15.2. The van der Waals surface area contributed by atoms with Crippen LogP contribution in [0.15, 0.2) is 71.6 Å². The van der Waals surface area contributed by atoms with Crippen LogP contribution >= 0.6 is 0 Å². The van der Waals surface area contributed by atoms with Gasteiger partial charge >= 0.3 is 0 Å². The molecule has 0 amide bonds. The molecule has 0 saturated carbocycles. The zero-order valence-corrected chi connectivity index (χ0v) is 16.4. The Kier molecular flexibility index (Phi) is 6.26. The average molecular weight is 418 g/mol. The van der Waals surface area contributed by atoms with Crippen molar-refractivity contribution in [3.05, 3.63) is 83.9 Å². The molecule has 0 aromatic heterocycles. The molecular formula is C21H20F2N2O3S. The molecule has 1 atom stereocenters. The highest BCUT2D eigenvalue weighted by Crippen LogP contribution is 2.26. The van der Waals surface area contributed by atoms with Gasteiger partial charge in [-0.2, -0.15) is 0 Å². The Morgan fingerprint density at radius 2 is 1.72 bits per heavy atom. The van der Waals surface area contributed by atoms with E-state index in [1.807, 2.05) is 0 Å². The Morgan fingerprint density at radius 1 is 1.00 bits per heavy atom. The molecule has 0 bridgehead atoms. The van der Waals surface area contributed by atoms with E-state index in [1.54, 1.807) is 31.3 Å². The number of rotatable bonds is 7. The van der Waals surface area contributed by atoms with Gasteiger partial charge in [-0.05, 0) is 54.6 Å². The van der Waals surface area contributed by atoms with Crippen LogP contribution in [-0.2, 0) is 10.0 Å². The van der Waals surface area contributed by atoms with E-state index in [-0.39, 0.29) is 23.1 Å². The van der Waals surface area contributed by atoms with E-state index in [0.29, 0.717) is 11.3 Å². The Labute approximate surface area is 168 Å². The number of aliphatic hydroxyl groups excluding tert-OH is 1. The Hall–Kier alpha value is -2.81. The second-order valence-electron chi connectivity index (χ2n) is 6.40. The van der Waals surface area contributed by atoms with Crippen LogP contribution in [0, 0.1) is 11.6 Å². The van der Waals surface area contributed by atoms with Gasteiger partial charge in [0.25, 0.3) is 10.0 Å². The molecule has 29 heavy (non-hydrogen) atoms. The molecule has 152 valence electrons. The van der Waals surface area contributed by atoms with Crippen LogP contribution in [0.1, 0.15) is 11.6 Å². The van der Waals surface area contributed by atoms with Crippen molar-refractivity contribution in [2.45, 2.75) is 10.9 Å². The fourth-order valence-electron chi connectivity index (χ4n) is 2.93. The van der Waals surface area contributed by atoms with Crippen LogP contribution in [-0.4, -0.2) is 27.2 Å². The van der Waals surface area contributed by atoms with E-state index >= 15 is 0 Å². The lowest BCUT2D eigenvalue weighted by atomic mass is 10.1. The Morgan fingerprint density at radius 3 is 2.34 bits per heavy atom. The van der Waals surface area contributed by atoms with Crippen LogP contribution in [0.3, 0.4) is 0 Å². The molecule has 0 radical (unpaired) electrons. The third-order valence-corrected chi connectivity index (χ3v) is 5.88. The van der Waals surface area contributed by atoms with Crippen molar-refractivity contribution in [3.8, 4) is 11.1 Å². The topological polar surface area (TPSA) is 78.4 Å². The largest absolute Gasteiger partial charge is 0.394 e. The summed E-state index contributed by atoms with van der Waals surface area (Å²) in [5.74, 6) is -1.41. The second kappa shape index (κ2) is 8.69. The number of sulfonamides is 1. The number of anilines is 1. The molecule has 0 aliphatic heterocycles. The standard InChI is InChI=1S/C21H20F2N2O3S/c1-24-21(13-26)15-3-2-4-17(11-15)25-29(27,28)18-8-5-14(6-9-18)19-10-7-16(22)12-20(19)23/h2-12,21,24-26H,13H2,1H3/t21-/m0/s1. The minimum Gasteiger partial charge on any atom is -0.394 e. The monoisotopic (exact) mass is 418 g/mol. The number of likely N-dealkylation sites (N-methyl/N-ethyl adjacent to an activating group) is 1. The maximum Gasteiger partial charge on any atom is 0.261 e. The van der Waals surface area contributed by atoms with Crippen LogP contribution in [0.4, 0.5) is 14.5 Å². The highest BCUT2D eigenvalue weighted by molar-refractivity contribution is 7.92. The molecule has 0 saturated heterocycles. The summed E-state index contributed by atoms with van der Waals surface area (Å²) in [5, 5.41) is 12.3. The molecule has 0 aliphatic rings. The second-order valence-corrected chi connectivity index (χ2v) is 8.09. The third kappa shape index (κ3) is 4.79. The fraction of sp³-hybridized carbons (Fsp3) is 0.143. The van der Waals surface area contributed by atoms with Crippen LogP contribution in [0.5, 0.6) is 0 Å². The number of halogens is 2. The molecule has 0 aliphatic carbocycles. The quantitative estimate of drug-likeness (QED) is 0.547. The highest BCUT2D eigenvalue weighted by Gasteiger charge is 2.16. The summed E-state index contributed by atoms with van der Waals surface area (Å²) in [6.07, 6.45) is 0. The minimum atomic E-state index is -3.87. The van der Waals surface area contributed by atoms with Crippen molar-refractivity contribution in [3.63, 3.8) is 0 Å². The summed E-state index contributed by atoms with van der Waals surface area (Å²) >= 11 is 0. The van der Waals surface area contributed by atoms with Crippen molar-refractivity contribution in [2.24, 2.45) is 0 Å². The maximum atomic E-state index is 13.9. The maximum absolute atomic E-state index is 13.9. The van der Waals surface area contributed by atoms with Crippen LogP contribution in [0.25, 0.3) is 11.1 Å². The lowest BCUT2D eigenvalue weighted by Gasteiger charge is -2.15. The number of hydrogen-bond acceptors (Lipinski definition) is 4. The van der Waals surface area contributed by atoms with Crippen molar-refractivity contribution in [1.82, 2.24) is 5.32 Å². The Bertz CT molecular complexity index is 1100. The van der Waals surface area contributed by atoms with Crippen LogP contribution in [0.2, 0.25) is 0 Å². The van der Waals surface area contributed by atoms with Gasteiger partial charge < -0.3 is 10.4 Å². The van der Waals surface area contributed by atoms with Gasteiger partial charge in [-0.1, -0.05) is 24.3 Å². The van der Waals surface area contributed by atoms with Crippen molar-refractivity contribution < 1.29 is 22.3 Å². The fourth-order valence-corrected chi connectivity index (χ4v) is 3.98. The molecule has 8 heteroatoms. The lowest BCUT2D eigenvalue weighted by molar-refractivity contribution is 0.251. The SMILES string of the molecule is CN[C@@H](CO)c1cccc(NS(=O)(=O)c2ccc(-c3ccc(F)cc3F)cc2)c1. The predicted octanol–water partition coefficient (Wildman–Crippen LogP) is 3.69. The van der Waals surface area contributed by atoms with Gasteiger partial charge in [0, 0.05) is 17.3 Å². The number of aliphatic hydroxyl groups is 1. The normalized spacial score (nSPS) is 12.6. The van der Waals surface area contributed by atoms with Crippen LogP contribution < -0.4 is 10.0 Å². The minimum absolute atomic E-state index is 0.00139. The molecule has 3 aromatic carbocycles. The van der Waals surface area contributed by atoms with E-state index < -0.39 is 21.7 Å². The van der Waals surface area contributed by atoms with Gasteiger partial charge in [0.15, 0.2) is 0 Å². The molecule has 0 spiro atoms. The molecule has 3 rings (SSSR count). The summed E-state index contributed by atoms with van der Waals surface area (Å²) in [6.45, 7) is -0.131. The number of hydrogen-bond donors (Lipinski definition) is 3. The van der Waals surface area contributed by atoms with Crippen molar-refractivity contribution >= 4 is 15.7 Å². The highest BCUT2D eigenvalue weighted by atomic mass is 32.2. The van der Waals surface area contributed by atoms with Gasteiger partial charge in [-0.3, -0.25) is 4.72 Å². The molecule has 0 heterocycles. The zero-order chi connectivity index (χ0) is 21.0. The van der Waals surface area contributed by atoms with Crippen molar-refractivity contribution in [2.75, 3.05) is 18.4 Å². The van der Waals surface area contributed by atoms with E-state index in [4.69, 9.17) is 0 Å². The lowest BCUT2D eigenvalue weighted by Crippen LogP contribution is -2.20. The zero-order valence-electron chi connectivity index (χ0n) is 15.6. The summed E-state index contributed by atoms with van der Waals surface area (Å²) in [5.41, 5.74) is 1.70. The first-order valence-corrected chi connectivity index (χ1v) is 10.3. The number of nitrogens with one attached hydrogen (secondary N) is 2. The van der Waals surface area contributed by atoms with Gasteiger partial charge in [0.2, 0.25) is 0 Å². The molecule has 0 unspecified atom stereocenters. The van der Waals surface area contributed by atoms with Gasteiger partial charge in [0.1, 0.15) is 11.6 Å². The molecular weight excluding hydrogens is 398 g/mol. The first kappa shape index (κ1) is 20.9. The molecule has 3 N–H and O–H groups in total. The smallest absolute Gasteiger partial charge is 0.261 e. The van der Waals surface area contributed by atoms with E-state index in [1.165, 1.54) is 30.3 Å². The first-order valence-electron chi connectivity index (χ1n) is 8.80. The summed E-state index contributed by atoms with van der Waals surface area (Å²) in [7, 11) is -2.17. The average Bonchev–Trinajstić information content (AvgIpc) is 2.69. The molecule has 0 fully saturated rings. The number of benzene rings is 3. The van der Waals surface area contributed by atoms with Gasteiger partial charge in [-0.25, -0.2) is 17.2 Å². The first-order chi connectivity index (χ1) is 13.8. The van der Waals surface area contributed by atoms with Gasteiger partial charge in [-0.15, -0.1) is 0 Å². The van der Waals surface area contributed by atoms with E-state index in [9.17, 15) is 22.3 Å². The summed E-state index contributed by atoms with van der Waals surface area (Å²) < 4.78 is 54.9. The molecule has 5 nitrogen and oxygen atoms in total. The predicted molar refractivity (Wildman–Crippen MR) is 108 cm³/mol.